The summed E-state index contributed by atoms with van der Waals surface area (Å²) in [6.45, 7) is 1.56. The molecule has 0 aliphatic rings. The number of ether oxygens (including phenoxy) is 1. The molecule has 0 unspecified atom stereocenters. The van der Waals surface area contributed by atoms with Crippen LogP contribution in [0.5, 0.6) is 0 Å². The maximum Gasteiger partial charge on any atom is 0.348 e. The number of thioether (sulfide) groups is 1. The monoisotopic (exact) mass is 437 g/mol. The van der Waals surface area contributed by atoms with Crippen LogP contribution >= 0.6 is 23.1 Å². The van der Waals surface area contributed by atoms with E-state index in [2.05, 4.69) is 10.4 Å². The van der Waals surface area contributed by atoms with E-state index in [1.165, 1.54) is 11.3 Å². The Morgan fingerprint density at radius 1 is 1.13 bits per heavy atom. The third-order valence-electron chi connectivity index (χ3n) is 4.43. The zero-order valence-corrected chi connectivity index (χ0v) is 18.0. The summed E-state index contributed by atoms with van der Waals surface area (Å²) in [5, 5.41) is 8.21. The average Bonchev–Trinajstić information content (AvgIpc) is 3.33. The van der Waals surface area contributed by atoms with E-state index in [-0.39, 0.29) is 12.5 Å². The molecule has 0 bridgehead atoms. The quantitative estimate of drug-likeness (QED) is 0.343. The van der Waals surface area contributed by atoms with E-state index in [1.54, 1.807) is 23.9 Å². The van der Waals surface area contributed by atoms with Gasteiger partial charge in [0.1, 0.15) is 9.71 Å². The third kappa shape index (κ3) is 4.24. The van der Waals surface area contributed by atoms with Gasteiger partial charge in [-0.3, -0.25) is 4.79 Å². The molecule has 6 nitrogen and oxygen atoms in total. The number of esters is 1. The molecule has 0 atom stereocenters. The predicted octanol–water partition coefficient (Wildman–Crippen LogP) is 4.91. The molecule has 1 amide bonds. The molecule has 2 heterocycles. The molecule has 152 valence electrons. The van der Waals surface area contributed by atoms with Crippen molar-refractivity contribution in [2.75, 3.05) is 18.2 Å². The molecule has 2 aromatic heterocycles. The molecule has 8 heteroatoms. The molecule has 4 rings (SSSR count). The summed E-state index contributed by atoms with van der Waals surface area (Å²) in [6.07, 6.45) is 1.96. The molecule has 2 aromatic carbocycles. The number of nitrogens with zero attached hydrogens (tertiary/aromatic N) is 2. The number of amides is 1. The number of fused-ring (bicyclic) bond motifs is 1. The Bertz CT molecular complexity index is 1220. The van der Waals surface area contributed by atoms with E-state index >= 15 is 0 Å². The van der Waals surface area contributed by atoms with Crippen LogP contribution in [0, 0.1) is 6.92 Å². The van der Waals surface area contributed by atoms with E-state index < -0.39 is 5.97 Å². The Hall–Kier alpha value is -3.10. The van der Waals surface area contributed by atoms with Crippen LogP contribution in [-0.4, -0.2) is 34.5 Å². The highest BCUT2D eigenvalue weighted by molar-refractivity contribution is 7.98. The van der Waals surface area contributed by atoms with Crippen LogP contribution in [0.3, 0.4) is 0 Å². The van der Waals surface area contributed by atoms with Crippen LogP contribution in [0.25, 0.3) is 15.9 Å². The number of thiophene rings is 1. The number of nitrogens with one attached hydrogen (secondary N) is 1. The fraction of sp³-hybridized carbons (Fsp3) is 0.136. The Morgan fingerprint density at radius 3 is 2.70 bits per heavy atom. The Morgan fingerprint density at radius 2 is 1.93 bits per heavy atom. The lowest BCUT2D eigenvalue weighted by molar-refractivity contribution is -0.119. The van der Waals surface area contributed by atoms with Gasteiger partial charge in [0.2, 0.25) is 0 Å². The van der Waals surface area contributed by atoms with Gasteiger partial charge in [0, 0.05) is 16.0 Å². The maximum absolute atomic E-state index is 12.5. The molecule has 0 radical (unpaired) electrons. The van der Waals surface area contributed by atoms with Gasteiger partial charge in [0.05, 0.1) is 11.4 Å². The first-order valence-corrected chi connectivity index (χ1v) is 11.2. The molecule has 0 fully saturated rings. The maximum atomic E-state index is 12.5. The minimum Gasteiger partial charge on any atom is -0.451 e. The SMILES string of the molecule is CSc1cccc(NC(=O)COC(=O)c2cc3c(C)nn(-c4ccccc4)c3s2)c1. The number of carbonyl (C=O) groups is 2. The van der Waals surface area contributed by atoms with Crippen LogP contribution in [0.2, 0.25) is 0 Å². The number of hydrogen-bond donors (Lipinski definition) is 1. The topological polar surface area (TPSA) is 73.2 Å². The van der Waals surface area contributed by atoms with Crippen molar-refractivity contribution in [3.05, 3.63) is 71.2 Å². The van der Waals surface area contributed by atoms with Gasteiger partial charge in [-0.05, 0) is 49.6 Å². The minimum absolute atomic E-state index is 0.347. The van der Waals surface area contributed by atoms with Gasteiger partial charge < -0.3 is 10.1 Å². The van der Waals surface area contributed by atoms with Crippen LogP contribution in [0.15, 0.2) is 65.6 Å². The van der Waals surface area contributed by atoms with Crippen molar-refractivity contribution in [1.29, 1.82) is 0 Å². The fourth-order valence-electron chi connectivity index (χ4n) is 2.99. The summed E-state index contributed by atoms with van der Waals surface area (Å²) in [5.74, 6) is -0.905. The van der Waals surface area contributed by atoms with E-state index in [0.29, 0.717) is 10.6 Å². The molecule has 30 heavy (non-hydrogen) atoms. The lowest BCUT2D eigenvalue weighted by atomic mass is 10.3. The number of carbonyl (C=O) groups excluding carboxylic acids is 2. The predicted molar refractivity (Wildman–Crippen MR) is 121 cm³/mol. The zero-order chi connectivity index (χ0) is 21.1. The van der Waals surface area contributed by atoms with Crippen molar-refractivity contribution >= 4 is 50.9 Å². The molecule has 0 saturated heterocycles. The number of aryl methyl sites for hydroxylation is 1. The second-order valence-electron chi connectivity index (χ2n) is 6.52. The average molecular weight is 438 g/mol. The number of para-hydroxylation sites is 1. The van der Waals surface area contributed by atoms with E-state index in [1.807, 2.05) is 66.4 Å². The number of rotatable bonds is 6. The first kappa shape index (κ1) is 20.2. The van der Waals surface area contributed by atoms with E-state index in [9.17, 15) is 9.59 Å². The number of benzene rings is 2. The molecule has 0 aliphatic carbocycles. The number of anilines is 1. The largest absolute Gasteiger partial charge is 0.451 e. The lowest BCUT2D eigenvalue weighted by Crippen LogP contribution is -2.20. The molecule has 0 saturated carbocycles. The molecule has 0 aliphatic heterocycles. The van der Waals surface area contributed by atoms with Crippen LogP contribution in [-0.2, 0) is 9.53 Å². The first-order chi connectivity index (χ1) is 14.5. The summed E-state index contributed by atoms with van der Waals surface area (Å²) in [6, 6.07) is 19.0. The van der Waals surface area contributed by atoms with Crippen LogP contribution in [0.4, 0.5) is 5.69 Å². The standard InChI is InChI=1S/C22H19N3O3S2/c1-14-18-12-19(30-21(18)25(24-14)16-8-4-3-5-9-16)22(27)28-13-20(26)23-15-7-6-10-17(11-15)29-2/h3-12H,13H2,1-2H3,(H,23,26). The smallest absolute Gasteiger partial charge is 0.348 e. The van der Waals surface area contributed by atoms with Crippen LogP contribution in [0.1, 0.15) is 15.4 Å². The van der Waals surface area contributed by atoms with Crippen LogP contribution < -0.4 is 5.32 Å². The lowest BCUT2D eigenvalue weighted by Gasteiger charge is -2.07. The van der Waals surface area contributed by atoms with Crippen molar-refractivity contribution in [2.24, 2.45) is 0 Å². The summed E-state index contributed by atoms with van der Waals surface area (Å²) in [7, 11) is 0. The van der Waals surface area contributed by atoms with Crippen molar-refractivity contribution in [3.8, 4) is 5.69 Å². The number of aromatic nitrogens is 2. The highest BCUT2D eigenvalue weighted by Crippen LogP contribution is 2.30. The highest BCUT2D eigenvalue weighted by Gasteiger charge is 2.19. The summed E-state index contributed by atoms with van der Waals surface area (Å²) in [5.41, 5.74) is 2.42. The first-order valence-electron chi connectivity index (χ1n) is 9.21. The van der Waals surface area contributed by atoms with Gasteiger partial charge in [0.15, 0.2) is 6.61 Å². The van der Waals surface area contributed by atoms with Crippen molar-refractivity contribution < 1.29 is 14.3 Å². The van der Waals surface area contributed by atoms with E-state index in [4.69, 9.17) is 4.74 Å². The Balaban J connectivity index is 1.45. The number of hydrogen-bond acceptors (Lipinski definition) is 6. The van der Waals surface area contributed by atoms with E-state index in [0.717, 1.165) is 26.5 Å². The van der Waals surface area contributed by atoms with Gasteiger partial charge in [-0.1, -0.05) is 24.3 Å². The van der Waals surface area contributed by atoms with Crippen molar-refractivity contribution in [2.45, 2.75) is 11.8 Å². The second-order valence-corrected chi connectivity index (χ2v) is 8.43. The molecular formula is C22H19N3O3S2. The van der Waals surface area contributed by atoms with Gasteiger partial charge in [-0.25, -0.2) is 9.48 Å². The normalized spacial score (nSPS) is 10.9. The van der Waals surface area contributed by atoms with Crippen molar-refractivity contribution in [3.63, 3.8) is 0 Å². The minimum atomic E-state index is -0.525. The van der Waals surface area contributed by atoms with Gasteiger partial charge in [-0.2, -0.15) is 5.10 Å². The fourth-order valence-corrected chi connectivity index (χ4v) is 4.53. The van der Waals surface area contributed by atoms with Crippen molar-refractivity contribution in [1.82, 2.24) is 9.78 Å². The second kappa shape index (κ2) is 8.73. The Labute approximate surface area is 181 Å². The third-order valence-corrected chi connectivity index (χ3v) is 6.25. The molecule has 4 aromatic rings. The molecular weight excluding hydrogens is 418 g/mol. The van der Waals surface area contributed by atoms with Gasteiger partial charge >= 0.3 is 5.97 Å². The summed E-state index contributed by atoms with van der Waals surface area (Å²) < 4.78 is 7.04. The highest BCUT2D eigenvalue weighted by atomic mass is 32.2. The Kier molecular flexibility index (Phi) is 5.87. The van der Waals surface area contributed by atoms with Gasteiger partial charge in [0.25, 0.3) is 5.91 Å². The van der Waals surface area contributed by atoms with Gasteiger partial charge in [-0.15, -0.1) is 23.1 Å². The molecule has 0 spiro atoms. The zero-order valence-electron chi connectivity index (χ0n) is 16.4. The molecule has 1 N–H and O–H groups in total. The summed E-state index contributed by atoms with van der Waals surface area (Å²) in [4.78, 5) is 27.0. The summed E-state index contributed by atoms with van der Waals surface area (Å²) >= 11 is 2.89.